The highest BCUT2D eigenvalue weighted by atomic mass is 127. The molecule has 0 unspecified atom stereocenters. The van der Waals surface area contributed by atoms with Crippen molar-refractivity contribution in [3.63, 3.8) is 0 Å². The molecule has 2 rings (SSSR count). The Hall–Kier alpha value is -0.400. The van der Waals surface area contributed by atoms with Crippen molar-refractivity contribution >= 4 is 66.0 Å². The molecule has 1 N–H and O–H groups in total. The van der Waals surface area contributed by atoms with Crippen molar-refractivity contribution in [3.05, 3.63) is 59.5 Å². The van der Waals surface area contributed by atoms with Crippen LogP contribution in [0.1, 0.15) is 21.5 Å². The van der Waals surface area contributed by atoms with Crippen molar-refractivity contribution in [1.82, 2.24) is 0 Å². The number of hydrogen-bond donors (Lipinski definition) is 1. The highest BCUT2D eigenvalue weighted by molar-refractivity contribution is 14.1. The molecule has 104 valence electrons. The van der Waals surface area contributed by atoms with Crippen molar-refractivity contribution in [2.75, 3.05) is 5.32 Å². The summed E-state index contributed by atoms with van der Waals surface area (Å²) in [6.07, 6.45) is 0. The van der Waals surface area contributed by atoms with Gasteiger partial charge in [0.1, 0.15) is 0 Å². The summed E-state index contributed by atoms with van der Waals surface area (Å²) < 4.78 is 2.71. The molecule has 0 heterocycles. The summed E-state index contributed by atoms with van der Waals surface area (Å²) in [6.45, 7) is 4.01. The fourth-order valence-corrected chi connectivity index (χ4v) is 3.62. The van der Waals surface area contributed by atoms with Crippen LogP contribution in [-0.4, -0.2) is 5.91 Å². The number of aryl methyl sites for hydroxylation is 2. The van der Waals surface area contributed by atoms with Crippen molar-refractivity contribution in [2.45, 2.75) is 13.8 Å². The van der Waals surface area contributed by atoms with E-state index in [9.17, 15) is 4.79 Å². The van der Waals surface area contributed by atoms with Crippen molar-refractivity contribution in [3.8, 4) is 0 Å². The van der Waals surface area contributed by atoms with Gasteiger partial charge in [-0.25, -0.2) is 0 Å². The Morgan fingerprint density at radius 2 is 1.80 bits per heavy atom. The van der Waals surface area contributed by atoms with Gasteiger partial charge in [-0.3, -0.25) is 4.79 Å². The second-order valence-corrected chi connectivity index (χ2v) is 7.47. The lowest BCUT2D eigenvalue weighted by Gasteiger charge is -2.12. The van der Waals surface area contributed by atoms with Crippen molar-refractivity contribution < 1.29 is 4.79 Å². The summed E-state index contributed by atoms with van der Waals surface area (Å²) in [5, 5.41) is 2.97. The van der Waals surface area contributed by atoms with E-state index in [1.165, 1.54) is 0 Å². The van der Waals surface area contributed by atoms with Crippen molar-refractivity contribution in [1.29, 1.82) is 0 Å². The van der Waals surface area contributed by atoms with E-state index in [1.54, 1.807) is 0 Å². The number of halogens is 3. The highest BCUT2D eigenvalue weighted by Crippen LogP contribution is 2.29. The molecule has 5 heteroatoms. The van der Waals surface area contributed by atoms with E-state index in [4.69, 9.17) is 0 Å². The largest absolute Gasteiger partial charge is 0.321 e. The molecule has 2 nitrogen and oxygen atoms in total. The minimum absolute atomic E-state index is 0.122. The van der Waals surface area contributed by atoms with Crippen LogP contribution in [0.15, 0.2) is 39.3 Å². The summed E-state index contributed by atoms with van der Waals surface area (Å²) in [7, 11) is 0. The van der Waals surface area contributed by atoms with E-state index in [0.29, 0.717) is 5.56 Å². The smallest absolute Gasteiger partial charge is 0.256 e. The molecule has 2 aromatic rings. The minimum Gasteiger partial charge on any atom is -0.321 e. The Morgan fingerprint density at radius 1 is 1.10 bits per heavy atom. The Kier molecular flexibility index (Phi) is 5.25. The molecule has 0 saturated heterocycles. The number of nitrogens with one attached hydrogen (secondary N) is 1. The van der Waals surface area contributed by atoms with Gasteiger partial charge in [-0.1, -0.05) is 6.07 Å². The predicted molar refractivity (Wildman–Crippen MR) is 98.4 cm³/mol. The van der Waals surface area contributed by atoms with Gasteiger partial charge in [0.25, 0.3) is 5.91 Å². The van der Waals surface area contributed by atoms with E-state index in [1.807, 2.05) is 44.2 Å². The molecule has 0 bridgehead atoms. The van der Waals surface area contributed by atoms with Crippen LogP contribution in [0.2, 0.25) is 0 Å². The van der Waals surface area contributed by atoms with Crippen LogP contribution >= 0.6 is 54.5 Å². The van der Waals surface area contributed by atoms with E-state index in [0.717, 1.165) is 29.3 Å². The molecular weight excluding hydrogens is 497 g/mol. The van der Waals surface area contributed by atoms with E-state index in [2.05, 4.69) is 59.8 Å². The number of amides is 1. The van der Waals surface area contributed by atoms with Gasteiger partial charge in [0.2, 0.25) is 0 Å². The number of anilines is 1. The highest BCUT2D eigenvalue weighted by Gasteiger charge is 2.14. The van der Waals surface area contributed by atoms with Crippen LogP contribution in [0.3, 0.4) is 0 Å². The summed E-state index contributed by atoms with van der Waals surface area (Å²) in [5.74, 6) is -0.122. The molecule has 20 heavy (non-hydrogen) atoms. The third-order valence-corrected chi connectivity index (χ3v) is 4.83. The van der Waals surface area contributed by atoms with Gasteiger partial charge in [-0.05, 0) is 104 Å². The maximum absolute atomic E-state index is 12.4. The van der Waals surface area contributed by atoms with Crippen LogP contribution in [0, 0.1) is 17.4 Å². The first-order valence-corrected chi connectivity index (χ1v) is 8.58. The predicted octanol–water partition coefficient (Wildman–Crippen LogP) is 5.69. The maximum Gasteiger partial charge on any atom is 0.256 e. The second-order valence-electron chi connectivity index (χ2n) is 4.52. The molecule has 0 spiro atoms. The molecule has 0 aliphatic rings. The van der Waals surface area contributed by atoms with Crippen molar-refractivity contribution in [2.24, 2.45) is 0 Å². The van der Waals surface area contributed by atoms with Crippen LogP contribution in [0.5, 0.6) is 0 Å². The zero-order valence-corrected chi connectivity index (χ0v) is 16.3. The normalized spacial score (nSPS) is 10.4. The van der Waals surface area contributed by atoms with E-state index < -0.39 is 0 Å². The lowest BCUT2D eigenvalue weighted by atomic mass is 10.1. The third kappa shape index (κ3) is 3.62. The van der Waals surface area contributed by atoms with Crippen LogP contribution in [0.25, 0.3) is 0 Å². The van der Waals surface area contributed by atoms with Gasteiger partial charge in [0.15, 0.2) is 0 Å². The number of carbonyl (C=O) groups is 1. The molecule has 0 aromatic heterocycles. The summed E-state index contributed by atoms with van der Waals surface area (Å²) in [5.41, 5.74) is 3.63. The Labute approximate surface area is 148 Å². The molecule has 0 radical (unpaired) electrons. The minimum atomic E-state index is -0.122. The van der Waals surface area contributed by atoms with Crippen LogP contribution in [-0.2, 0) is 0 Å². The zero-order valence-electron chi connectivity index (χ0n) is 10.9. The lowest BCUT2D eigenvalue weighted by Crippen LogP contribution is -2.14. The van der Waals surface area contributed by atoms with Gasteiger partial charge in [-0.15, -0.1) is 0 Å². The zero-order chi connectivity index (χ0) is 14.9. The Bertz CT molecular complexity index is 663. The van der Waals surface area contributed by atoms with Gasteiger partial charge >= 0.3 is 0 Å². The lowest BCUT2D eigenvalue weighted by molar-refractivity contribution is 0.102. The fraction of sp³-hybridized carbons (Fsp3) is 0.133. The van der Waals surface area contributed by atoms with E-state index in [-0.39, 0.29) is 5.91 Å². The second kappa shape index (κ2) is 6.58. The number of hydrogen-bond acceptors (Lipinski definition) is 1. The topological polar surface area (TPSA) is 29.1 Å². The van der Waals surface area contributed by atoms with Gasteiger partial charge in [-0.2, -0.15) is 0 Å². The quantitative estimate of drug-likeness (QED) is 0.519. The first kappa shape index (κ1) is 16.0. The molecule has 2 aromatic carbocycles. The molecule has 1 amide bonds. The fourth-order valence-electron chi connectivity index (χ4n) is 1.93. The summed E-state index contributed by atoms with van der Waals surface area (Å²) in [4.78, 5) is 12.4. The number of carbonyl (C=O) groups excluding carboxylic acids is 1. The SMILES string of the molecule is Cc1cc(C)c(NC(=O)c2cc(I)ccc2Br)c(Br)c1. The molecular formula is C15H12Br2INO. The van der Waals surface area contributed by atoms with Gasteiger partial charge in [0, 0.05) is 12.5 Å². The van der Waals surface area contributed by atoms with Crippen LogP contribution < -0.4 is 5.32 Å². The maximum atomic E-state index is 12.4. The third-order valence-electron chi connectivity index (χ3n) is 2.84. The summed E-state index contributed by atoms with van der Waals surface area (Å²) >= 11 is 9.12. The average Bonchev–Trinajstić information content (AvgIpc) is 2.36. The van der Waals surface area contributed by atoms with Gasteiger partial charge in [0.05, 0.1) is 11.3 Å². The Morgan fingerprint density at radius 3 is 2.45 bits per heavy atom. The Balaban J connectivity index is 2.35. The first-order chi connectivity index (χ1) is 9.38. The number of benzene rings is 2. The van der Waals surface area contributed by atoms with E-state index >= 15 is 0 Å². The first-order valence-electron chi connectivity index (χ1n) is 5.91. The molecule has 0 atom stereocenters. The molecule has 0 aliphatic carbocycles. The molecule has 0 aliphatic heterocycles. The average molecular weight is 509 g/mol. The molecule has 0 saturated carbocycles. The van der Waals surface area contributed by atoms with Gasteiger partial charge < -0.3 is 5.32 Å². The monoisotopic (exact) mass is 507 g/mol. The summed E-state index contributed by atoms with van der Waals surface area (Å²) in [6, 6.07) is 9.73. The standard InChI is InChI=1S/C15H12Br2INO/c1-8-5-9(2)14(13(17)6-8)19-15(20)11-7-10(18)3-4-12(11)16/h3-7H,1-2H3,(H,19,20). The number of rotatable bonds is 2. The molecule has 0 fully saturated rings. The van der Waals surface area contributed by atoms with Crippen LogP contribution in [0.4, 0.5) is 5.69 Å².